The summed E-state index contributed by atoms with van der Waals surface area (Å²) in [6.07, 6.45) is 5.01. The average Bonchev–Trinajstić information content (AvgIpc) is 3.09. The number of halogens is 1. The topological polar surface area (TPSA) is 84.2 Å². The Kier molecular flexibility index (Phi) is 5.19. The minimum Gasteiger partial charge on any atom is -0.341 e. The first-order valence-electron chi connectivity index (χ1n) is 10.2. The van der Waals surface area contributed by atoms with Crippen LogP contribution in [0.5, 0.6) is 0 Å². The molecule has 0 saturated carbocycles. The molecule has 0 spiro atoms. The van der Waals surface area contributed by atoms with Crippen LogP contribution in [0.15, 0.2) is 42.6 Å². The smallest absolute Gasteiger partial charge is 0.231 e. The molecule has 10 heteroatoms. The van der Waals surface area contributed by atoms with E-state index in [1.807, 2.05) is 41.1 Å². The molecule has 1 fully saturated rings. The largest absolute Gasteiger partial charge is 0.341 e. The predicted molar refractivity (Wildman–Crippen MR) is 119 cm³/mol. The molecule has 0 radical (unpaired) electrons. The van der Waals surface area contributed by atoms with E-state index in [0.717, 1.165) is 48.8 Å². The summed E-state index contributed by atoms with van der Waals surface area (Å²) in [6.45, 7) is 2.08. The minimum atomic E-state index is -3.41. The molecule has 4 heterocycles. The lowest BCUT2D eigenvalue weighted by molar-refractivity contribution is 0.400. The van der Waals surface area contributed by atoms with Crippen LogP contribution in [0.3, 0.4) is 0 Å². The molecular formula is C21H23ClN6O2S. The lowest BCUT2D eigenvalue weighted by Crippen LogP contribution is -2.35. The highest BCUT2D eigenvalue weighted by Crippen LogP contribution is 2.34. The van der Waals surface area contributed by atoms with Gasteiger partial charge >= 0.3 is 0 Å². The Hall–Kier alpha value is -2.49. The lowest BCUT2D eigenvalue weighted by atomic mass is 9.93. The van der Waals surface area contributed by atoms with Crippen molar-refractivity contribution in [1.29, 1.82) is 0 Å². The molecule has 2 aromatic heterocycles. The number of hydrogen-bond donors (Lipinski definition) is 0. The van der Waals surface area contributed by atoms with Gasteiger partial charge < -0.3 is 4.90 Å². The minimum absolute atomic E-state index is 0.169. The Morgan fingerprint density at radius 1 is 1.06 bits per heavy atom. The fourth-order valence-electron chi connectivity index (χ4n) is 4.39. The zero-order valence-electron chi connectivity index (χ0n) is 17.1. The van der Waals surface area contributed by atoms with Gasteiger partial charge in [0.05, 0.1) is 18.5 Å². The second-order valence-corrected chi connectivity index (χ2v) is 10.5. The number of benzene rings is 1. The first-order valence-corrected chi connectivity index (χ1v) is 12.5. The van der Waals surface area contributed by atoms with E-state index in [4.69, 9.17) is 11.6 Å². The molecule has 0 unspecified atom stereocenters. The van der Waals surface area contributed by atoms with Crippen LogP contribution in [-0.4, -0.2) is 51.8 Å². The summed E-state index contributed by atoms with van der Waals surface area (Å²) in [7, 11) is -3.41. The summed E-state index contributed by atoms with van der Waals surface area (Å²) < 4.78 is 28.1. The Morgan fingerprint density at radius 2 is 1.87 bits per heavy atom. The van der Waals surface area contributed by atoms with Gasteiger partial charge in [0.2, 0.25) is 16.0 Å². The average molecular weight is 459 g/mol. The molecule has 8 nitrogen and oxygen atoms in total. The normalized spacial score (nSPS) is 17.8. The van der Waals surface area contributed by atoms with E-state index in [2.05, 4.69) is 26.1 Å². The molecule has 2 aliphatic rings. The molecule has 5 rings (SSSR count). The molecule has 0 N–H and O–H groups in total. The van der Waals surface area contributed by atoms with Crippen molar-refractivity contribution in [1.82, 2.24) is 24.1 Å². The van der Waals surface area contributed by atoms with E-state index in [9.17, 15) is 8.42 Å². The van der Waals surface area contributed by atoms with E-state index in [0.29, 0.717) is 16.8 Å². The second-order valence-electron chi connectivity index (χ2n) is 8.07. The molecule has 0 bridgehead atoms. The number of fused-ring (bicyclic) bond motifs is 3. The molecule has 2 aliphatic heterocycles. The zero-order valence-corrected chi connectivity index (χ0v) is 18.7. The molecule has 162 valence electrons. The van der Waals surface area contributed by atoms with Gasteiger partial charge in [-0.3, -0.25) is 9.55 Å². The van der Waals surface area contributed by atoms with Crippen molar-refractivity contribution in [3.05, 3.63) is 64.7 Å². The SMILES string of the molecule is CS(=O)(=O)N1Cc2cc(Cl)ccc2-n2c(nnc2N2CCC(c3ccccn3)CC2)C1. The molecule has 0 aliphatic carbocycles. The Labute approximate surface area is 186 Å². The third-order valence-electron chi connectivity index (χ3n) is 6.01. The molecular weight excluding hydrogens is 436 g/mol. The van der Waals surface area contributed by atoms with Crippen LogP contribution in [0.25, 0.3) is 5.69 Å². The van der Waals surface area contributed by atoms with Crippen molar-refractivity contribution < 1.29 is 8.42 Å². The molecule has 31 heavy (non-hydrogen) atoms. The van der Waals surface area contributed by atoms with Crippen molar-refractivity contribution >= 4 is 27.6 Å². The fourth-order valence-corrected chi connectivity index (χ4v) is 5.31. The molecule has 0 amide bonds. The number of aromatic nitrogens is 4. The second kappa shape index (κ2) is 7.89. The van der Waals surface area contributed by atoms with Gasteiger partial charge in [-0.1, -0.05) is 17.7 Å². The summed E-state index contributed by atoms with van der Waals surface area (Å²) in [5.74, 6) is 1.78. The highest BCUT2D eigenvalue weighted by molar-refractivity contribution is 7.88. The van der Waals surface area contributed by atoms with Crippen molar-refractivity contribution in [2.24, 2.45) is 0 Å². The van der Waals surface area contributed by atoms with Gasteiger partial charge in [0, 0.05) is 42.5 Å². The standard InChI is InChI=1S/C21H23ClN6O2S/c1-31(29,30)27-13-16-12-17(22)5-6-19(16)28-20(14-27)24-25-21(28)26-10-7-15(8-11-26)18-4-2-3-9-23-18/h2-6,9,12,15H,7-8,10-11,13-14H2,1H3. The fraction of sp³-hybridized carbons (Fsp3) is 0.381. The van der Waals surface area contributed by atoms with Gasteiger partial charge in [0.15, 0.2) is 5.82 Å². The van der Waals surface area contributed by atoms with E-state index in [1.165, 1.54) is 10.6 Å². The van der Waals surface area contributed by atoms with Gasteiger partial charge in [-0.2, -0.15) is 4.31 Å². The summed E-state index contributed by atoms with van der Waals surface area (Å²) in [5, 5.41) is 9.41. The van der Waals surface area contributed by atoms with Crippen LogP contribution < -0.4 is 4.90 Å². The number of rotatable bonds is 3. The van der Waals surface area contributed by atoms with Crippen molar-refractivity contribution in [3.8, 4) is 5.69 Å². The maximum atomic E-state index is 12.3. The quantitative estimate of drug-likeness (QED) is 0.600. The molecule has 1 saturated heterocycles. The van der Waals surface area contributed by atoms with Crippen LogP contribution >= 0.6 is 11.6 Å². The van der Waals surface area contributed by atoms with Gasteiger partial charge in [0.25, 0.3) is 0 Å². The number of hydrogen-bond acceptors (Lipinski definition) is 6. The summed E-state index contributed by atoms with van der Waals surface area (Å²) in [6, 6.07) is 11.6. The first kappa shape index (κ1) is 20.4. The van der Waals surface area contributed by atoms with Crippen molar-refractivity contribution in [3.63, 3.8) is 0 Å². The van der Waals surface area contributed by atoms with Gasteiger partial charge in [0.1, 0.15) is 0 Å². The number of anilines is 1. The summed E-state index contributed by atoms with van der Waals surface area (Å²) >= 11 is 6.23. The summed E-state index contributed by atoms with van der Waals surface area (Å²) in [5.41, 5.74) is 2.84. The number of sulfonamides is 1. The van der Waals surface area contributed by atoms with E-state index in [1.54, 1.807) is 0 Å². The monoisotopic (exact) mass is 458 g/mol. The zero-order chi connectivity index (χ0) is 21.6. The third kappa shape index (κ3) is 3.93. The van der Waals surface area contributed by atoms with Crippen LogP contribution in [-0.2, 0) is 23.1 Å². The maximum Gasteiger partial charge on any atom is 0.231 e. The highest BCUT2D eigenvalue weighted by atomic mass is 35.5. The Bertz CT molecular complexity index is 1210. The van der Waals surface area contributed by atoms with Crippen LogP contribution in [0.4, 0.5) is 5.95 Å². The van der Waals surface area contributed by atoms with Crippen molar-refractivity contribution in [2.45, 2.75) is 31.8 Å². The molecule has 0 atom stereocenters. The van der Waals surface area contributed by atoms with Gasteiger partial charge in [-0.15, -0.1) is 10.2 Å². The summed E-state index contributed by atoms with van der Waals surface area (Å²) in [4.78, 5) is 6.74. The molecule has 3 aromatic rings. The van der Waals surface area contributed by atoms with Gasteiger partial charge in [-0.05, 0) is 48.7 Å². The maximum absolute atomic E-state index is 12.3. The Morgan fingerprint density at radius 3 is 2.58 bits per heavy atom. The number of piperidine rings is 1. The Balaban J connectivity index is 1.49. The van der Waals surface area contributed by atoms with Crippen LogP contribution in [0.2, 0.25) is 5.02 Å². The third-order valence-corrected chi connectivity index (χ3v) is 7.44. The van der Waals surface area contributed by atoms with Crippen molar-refractivity contribution in [2.75, 3.05) is 24.2 Å². The van der Waals surface area contributed by atoms with Gasteiger partial charge in [-0.25, -0.2) is 8.42 Å². The predicted octanol–water partition coefficient (Wildman–Crippen LogP) is 2.97. The lowest BCUT2D eigenvalue weighted by Gasteiger charge is -2.32. The molecule has 1 aromatic carbocycles. The number of nitrogens with zero attached hydrogens (tertiary/aromatic N) is 6. The first-order chi connectivity index (χ1) is 14.9. The van der Waals surface area contributed by atoms with E-state index >= 15 is 0 Å². The number of pyridine rings is 1. The van der Waals surface area contributed by atoms with Crippen LogP contribution in [0, 0.1) is 0 Å². The van der Waals surface area contributed by atoms with E-state index in [-0.39, 0.29) is 13.1 Å². The van der Waals surface area contributed by atoms with Crippen LogP contribution in [0.1, 0.15) is 35.8 Å². The highest BCUT2D eigenvalue weighted by Gasteiger charge is 2.31. The van der Waals surface area contributed by atoms with E-state index < -0.39 is 10.0 Å².